The second kappa shape index (κ2) is 7.74. The molecule has 1 aliphatic heterocycles. The minimum Gasteiger partial charge on any atom is -0.395 e. The van der Waals surface area contributed by atoms with Crippen LogP contribution < -0.4 is 5.32 Å². The standard InChI is InChI=1S/C15H25N3O3/c16-12-15(5-3-1-2-4-6-15)17-14(20)9-18-7-8-21-11-13(18)10-19/h13,19H,1-11H2,(H,17,20). The van der Waals surface area contributed by atoms with Gasteiger partial charge in [0.15, 0.2) is 0 Å². The van der Waals surface area contributed by atoms with Crippen molar-refractivity contribution in [3.8, 4) is 6.07 Å². The monoisotopic (exact) mass is 295 g/mol. The lowest BCUT2D eigenvalue weighted by Gasteiger charge is -2.35. The zero-order valence-electron chi connectivity index (χ0n) is 12.5. The van der Waals surface area contributed by atoms with Crippen LogP contribution in [0.5, 0.6) is 0 Å². The third-order valence-corrected chi connectivity index (χ3v) is 4.46. The van der Waals surface area contributed by atoms with E-state index >= 15 is 0 Å². The minimum absolute atomic E-state index is 0.0172. The lowest BCUT2D eigenvalue weighted by atomic mass is 9.92. The molecule has 0 aromatic heterocycles. The molecule has 2 fully saturated rings. The van der Waals surface area contributed by atoms with E-state index in [0.29, 0.717) is 19.8 Å². The number of aliphatic hydroxyl groups is 1. The molecule has 1 amide bonds. The number of aliphatic hydroxyl groups excluding tert-OH is 1. The van der Waals surface area contributed by atoms with Gasteiger partial charge in [0.05, 0.1) is 38.5 Å². The topological polar surface area (TPSA) is 85.6 Å². The van der Waals surface area contributed by atoms with Crippen LogP contribution in [0.3, 0.4) is 0 Å². The molecule has 21 heavy (non-hydrogen) atoms. The molecule has 1 aliphatic carbocycles. The van der Waals surface area contributed by atoms with Crippen molar-refractivity contribution in [3.63, 3.8) is 0 Å². The summed E-state index contributed by atoms with van der Waals surface area (Å²) in [6, 6.07) is 2.20. The molecule has 1 saturated heterocycles. The predicted octanol–water partition coefficient (Wildman–Crippen LogP) is 0.412. The molecule has 0 aromatic carbocycles. The van der Waals surface area contributed by atoms with Gasteiger partial charge in [-0.15, -0.1) is 0 Å². The van der Waals surface area contributed by atoms with E-state index in [0.717, 1.165) is 38.5 Å². The van der Waals surface area contributed by atoms with Gasteiger partial charge in [-0.05, 0) is 12.8 Å². The fourth-order valence-corrected chi connectivity index (χ4v) is 3.15. The Bertz CT molecular complexity index is 386. The molecule has 1 heterocycles. The maximum Gasteiger partial charge on any atom is 0.235 e. The van der Waals surface area contributed by atoms with Crippen LogP contribution >= 0.6 is 0 Å². The Morgan fingerprint density at radius 3 is 2.71 bits per heavy atom. The van der Waals surface area contributed by atoms with Gasteiger partial charge in [0.2, 0.25) is 5.91 Å². The lowest BCUT2D eigenvalue weighted by Crippen LogP contribution is -2.55. The van der Waals surface area contributed by atoms with Crippen LogP contribution in [0.2, 0.25) is 0 Å². The van der Waals surface area contributed by atoms with E-state index < -0.39 is 5.54 Å². The number of carbonyl (C=O) groups excluding carboxylic acids is 1. The van der Waals surface area contributed by atoms with E-state index in [2.05, 4.69) is 11.4 Å². The number of carbonyl (C=O) groups is 1. The maximum atomic E-state index is 12.3. The molecule has 6 heteroatoms. The first kappa shape index (κ1) is 16.2. The Morgan fingerprint density at radius 1 is 1.38 bits per heavy atom. The Kier molecular flexibility index (Phi) is 5.97. The molecule has 1 saturated carbocycles. The van der Waals surface area contributed by atoms with Crippen LogP contribution in [-0.2, 0) is 9.53 Å². The number of nitriles is 1. The smallest absolute Gasteiger partial charge is 0.235 e. The van der Waals surface area contributed by atoms with Crippen LogP contribution in [0, 0.1) is 11.3 Å². The number of nitrogens with one attached hydrogen (secondary N) is 1. The summed E-state index contributed by atoms with van der Waals surface area (Å²) in [5.41, 5.74) is -0.700. The van der Waals surface area contributed by atoms with E-state index in [1.54, 1.807) is 0 Å². The molecule has 6 nitrogen and oxygen atoms in total. The van der Waals surface area contributed by atoms with Crippen molar-refractivity contribution in [2.24, 2.45) is 0 Å². The van der Waals surface area contributed by atoms with Crippen LogP contribution in [0.25, 0.3) is 0 Å². The van der Waals surface area contributed by atoms with E-state index in [9.17, 15) is 15.2 Å². The number of nitrogens with zero attached hydrogens (tertiary/aromatic N) is 2. The van der Waals surface area contributed by atoms with E-state index in [1.165, 1.54) is 0 Å². The number of hydrogen-bond acceptors (Lipinski definition) is 5. The molecule has 0 bridgehead atoms. The van der Waals surface area contributed by atoms with Crippen LogP contribution in [0.4, 0.5) is 0 Å². The summed E-state index contributed by atoms with van der Waals surface area (Å²) in [6.45, 7) is 1.87. The summed E-state index contributed by atoms with van der Waals surface area (Å²) < 4.78 is 5.31. The highest BCUT2D eigenvalue weighted by molar-refractivity contribution is 5.79. The third-order valence-electron chi connectivity index (χ3n) is 4.46. The highest BCUT2D eigenvalue weighted by Crippen LogP contribution is 2.26. The van der Waals surface area contributed by atoms with Gasteiger partial charge in [-0.1, -0.05) is 25.7 Å². The van der Waals surface area contributed by atoms with Gasteiger partial charge in [0.25, 0.3) is 0 Å². The lowest BCUT2D eigenvalue weighted by molar-refractivity contribution is -0.126. The van der Waals surface area contributed by atoms with Crippen molar-refractivity contribution < 1.29 is 14.6 Å². The fraction of sp³-hybridized carbons (Fsp3) is 0.867. The van der Waals surface area contributed by atoms with Crippen LogP contribution in [0.1, 0.15) is 38.5 Å². The summed E-state index contributed by atoms with van der Waals surface area (Å²) >= 11 is 0. The highest BCUT2D eigenvalue weighted by atomic mass is 16.5. The Balaban J connectivity index is 1.91. The van der Waals surface area contributed by atoms with Gasteiger partial charge in [0.1, 0.15) is 5.54 Å². The molecular weight excluding hydrogens is 270 g/mol. The fourth-order valence-electron chi connectivity index (χ4n) is 3.15. The quantitative estimate of drug-likeness (QED) is 0.734. The van der Waals surface area contributed by atoms with Crippen molar-refractivity contribution in [1.82, 2.24) is 10.2 Å². The van der Waals surface area contributed by atoms with Crippen molar-refractivity contribution in [1.29, 1.82) is 5.26 Å². The van der Waals surface area contributed by atoms with Crippen molar-refractivity contribution >= 4 is 5.91 Å². The normalized spacial score (nSPS) is 26.6. The van der Waals surface area contributed by atoms with Crippen molar-refractivity contribution in [3.05, 3.63) is 0 Å². The van der Waals surface area contributed by atoms with Crippen molar-refractivity contribution in [2.75, 3.05) is 32.9 Å². The van der Waals surface area contributed by atoms with Crippen molar-refractivity contribution in [2.45, 2.75) is 50.1 Å². The van der Waals surface area contributed by atoms with E-state index in [-0.39, 0.29) is 25.1 Å². The summed E-state index contributed by atoms with van der Waals surface area (Å²) in [7, 11) is 0. The largest absolute Gasteiger partial charge is 0.395 e. The second-order valence-corrected chi connectivity index (χ2v) is 6.04. The zero-order valence-corrected chi connectivity index (χ0v) is 12.5. The van der Waals surface area contributed by atoms with E-state index in [1.807, 2.05) is 4.90 Å². The molecule has 2 rings (SSSR count). The predicted molar refractivity (Wildman–Crippen MR) is 77.5 cm³/mol. The highest BCUT2D eigenvalue weighted by Gasteiger charge is 2.33. The molecule has 2 N–H and O–H groups in total. The van der Waals surface area contributed by atoms with E-state index in [4.69, 9.17) is 4.74 Å². The minimum atomic E-state index is -0.700. The SMILES string of the molecule is N#CC1(NC(=O)CN2CCOCC2CO)CCCCCC1. The number of hydrogen-bond donors (Lipinski definition) is 2. The van der Waals surface area contributed by atoms with Gasteiger partial charge in [-0.25, -0.2) is 0 Å². The first-order chi connectivity index (χ1) is 10.2. The van der Waals surface area contributed by atoms with Gasteiger partial charge in [-0.2, -0.15) is 5.26 Å². The maximum absolute atomic E-state index is 12.3. The first-order valence-electron chi connectivity index (χ1n) is 7.84. The summed E-state index contributed by atoms with van der Waals surface area (Å²) in [4.78, 5) is 14.2. The van der Waals surface area contributed by atoms with Gasteiger partial charge in [0, 0.05) is 6.54 Å². The second-order valence-electron chi connectivity index (χ2n) is 6.04. The molecule has 1 atom stereocenters. The molecular formula is C15H25N3O3. The molecule has 118 valence electrons. The number of morpholine rings is 1. The number of amides is 1. The first-order valence-corrected chi connectivity index (χ1v) is 7.84. The average molecular weight is 295 g/mol. The molecule has 0 radical (unpaired) electrons. The third kappa shape index (κ3) is 4.40. The number of rotatable bonds is 4. The summed E-state index contributed by atoms with van der Waals surface area (Å²) in [5.74, 6) is -0.126. The Morgan fingerprint density at radius 2 is 2.10 bits per heavy atom. The Labute approximate surface area is 126 Å². The van der Waals surface area contributed by atoms with Gasteiger partial charge in [-0.3, -0.25) is 9.69 Å². The Hall–Kier alpha value is -1.16. The van der Waals surface area contributed by atoms with Crippen LogP contribution in [0.15, 0.2) is 0 Å². The molecule has 0 aromatic rings. The van der Waals surface area contributed by atoms with Gasteiger partial charge < -0.3 is 15.2 Å². The molecule has 0 spiro atoms. The zero-order chi connectivity index (χ0) is 15.1. The van der Waals surface area contributed by atoms with Crippen LogP contribution in [-0.4, -0.2) is 60.4 Å². The number of ether oxygens (including phenoxy) is 1. The van der Waals surface area contributed by atoms with Gasteiger partial charge >= 0.3 is 0 Å². The summed E-state index contributed by atoms with van der Waals surface area (Å²) in [6.07, 6.45) is 5.73. The molecule has 2 aliphatic rings. The summed E-state index contributed by atoms with van der Waals surface area (Å²) in [5, 5.41) is 21.8. The molecule has 1 unspecified atom stereocenters. The average Bonchev–Trinajstić information content (AvgIpc) is 2.74.